The minimum Gasteiger partial charge on any atom is -0.454 e. The number of ether oxygens (including phenoxy) is 2. The Labute approximate surface area is 147 Å². The van der Waals surface area contributed by atoms with E-state index in [-0.39, 0.29) is 18.6 Å². The van der Waals surface area contributed by atoms with Gasteiger partial charge in [0.1, 0.15) is 5.82 Å². The van der Waals surface area contributed by atoms with Crippen LogP contribution in [0.25, 0.3) is 0 Å². The second-order valence-electron chi connectivity index (χ2n) is 5.98. The predicted octanol–water partition coefficient (Wildman–Crippen LogP) is 3.80. The molecule has 6 heteroatoms. The number of pyridine rings is 1. The Hall–Kier alpha value is -2.76. The predicted molar refractivity (Wildman–Crippen MR) is 96.8 cm³/mol. The molecule has 2 aromatic rings. The molecule has 2 heterocycles. The van der Waals surface area contributed by atoms with Gasteiger partial charge in [0.05, 0.1) is 11.9 Å². The van der Waals surface area contributed by atoms with Gasteiger partial charge < -0.3 is 20.1 Å². The molecule has 0 saturated carbocycles. The first kappa shape index (κ1) is 17.1. The lowest BCUT2D eigenvalue weighted by atomic mass is 10.0. The second-order valence-corrected chi connectivity index (χ2v) is 5.98. The van der Waals surface area contributed by atoms with Crippen molar-refractivity contribution in [2.45, 2.75) is 33.2 Å². The summed E-state index contributed by atoms with van der Waals surface area (Å²) < 4.78 is 10.7. The van der Waals surface area contributed by atoms with Crippen molar-refractivity contribution in [3.05, 3.63) is 42.1 Å². The average molecular weight is 341 g/mol. The summed E-state index contributed by atoms with van der Waals surface area (Å²) in [5, 5.41) is 6.17. The Bertz CT molecular complexity index is 727. The van der Waals surface area contributed by atoms with Crippen molar-refractivity contribution < 1.29 is 14.3 Å². The molecule has 1 aliphatic heterocycles. The van der Waals surface area contributed by atoms with E-state index in [2.05, 4.69) is 15.6 Å². The quantitative estimate of drug-likeness (QED) is 0.801. The molecule has 0 aliphatic carbocycles. The summed E-state index contributed by atoms with van der Waals surface area (Å²) >= 11 is 0. The van der Waals surface area contributed by atoms with Crippen molar-refractivity contribution in [1.29, 1.82) is 0 Å². The molecule has 0 radical (unpaired) electrons. The first-order valence-corrected chi connectivity index (χ1v) is 8.59. The minimum absolute atomic E-state index is 0.0265. The van der Waals surface area contributed by atoms with Crippen LogP contribution in [0.2, 0.25) is 0 Å². The second kappa shape index (κ2) is 7.88. The van der Waals surface area contributed by atoms with Gasteiger partial charge in [-0.2, -0.15) is 0 Å². The highest BCUT2D eigenvalue weighted by Gasteiger charge is 2.15. The van der Waals surface area contributed by atoms with Gasteiger partial charge in [0.25, 0.3) is 0 Å². The number of nitrogens with one attached hydrogen (secondary N) is 2. The number of rotatable bonds is 7. The van der Waals surface area contributed by atoms with Crippen molar-refractivity contribution in [3.8, 4) is 11.5 Å². The first-order valence-electron chi connectivity index (χ1n) is 8.59. The minimum atomic E-state index is 0.0265. The molecule has 3 rings (SSSR count). The lowest BCUT2D eigenvalue weighted by molar-refractivity contribution is -0.120. The maximum absolute atomic E-state index is 12.1. The molecule has 0 spiro atoms. The van der Waals surface area contributed by atoms with Crippen molar-refractivity contribution >= 4 is 17.4 Å². The summed E-state index contributed by atoms with van der Waals surface area (Å²) in [5.41, 5.74) is 1.98. The van der Waals surface area contributed by atoms with E-state index in [1.165, 1.54) is 0 Å². The summed E-state index contributed by atoms with van der Waals surface area (Å²) in [4.78, 5) is 16.4. The number of benzene rings is 1. The van der Waals surface area contributed by atoms with Gasteiger partial charge in [0.2, 0.25) is 12.7 Å². The number of anilines is 2. The molecule has 0 fully saturated rings. The van der Waals surface area contributed by atoms with Gasteiger partial charge in [-0.05, 0) is 42.7 Å². The summed E-state index contributed by atoms with van der Waals surface area (Å²) in [6.45, 7) is 4.96. The Morgan fingerprint density at radius 1 is 1.16 bits per heavy atom. The number of hydrogen-bond donors (Lipinski definition) is 2. The van der Waals surface area contributed by atoms with Crippen LogP contribution < -0.4 is 20.1 Å². The van der Waals surface area contributed by atoms with E-state index < -0.39 is 0 Å². The van der Waals surface area contributed by atoms with E-state index in [9.17, 15) is 4.79 Å². The van der Waals surface area contributed by atoms with Crippen LogP contribution in [0.3, 0.4) is 0 Å². The van der Waals surface area contributed by atoms with Gasteiger partial charge in [-0.15, -0.1) is 0 Å². The molecule has 0 bridgehead atoms. The molecule has 6 nitrogen and oxygen atoms in total. The van der Waals surface area contributed by atoms with Crippen molar-refractivity contribution in [2.24, 2.45) is 5.92 Å². The van der Waals surface area contributed by atoms with Crippen LogP contribution in [0.1, 0.15) is 32.3 Å². The van der Waals surface area contributed by atoms with Crippen molar-refractivity contribution in [3.63, 3.8) is 0 Å². The first-order chi connectivity index (χ1) is 12.2. The van der Waals surface area contributed by atoms with Crippen LogP contribution in [-0.2, 0) is 11.3 Å². The van der Waals surface area contributed by atoms with E-state index in [0.29, 0.717) is 12.4 Å². The van der Waals surface area contributed by atoms with E-state index in [1.807, 2.05) is 44.2 Å². The molecule has 2 N–H and O–H groups in total. The van der Waals surface area contributed by atoms with E-state index in [1.54, 1.807) is 6.20 Å². The molecule has 0 saturated heterocycles. The van der Waals surface area contributed by atoms with Crippen LogP contribution in [0.15, 0.2) is 36.5 Å². The fourth-order valence-electron chi connectivity index (χ4n) is 2.72. The van der Waals surface area contributed by atoms with Crippen LogP contribution in [0.5, 0.6) is 11.5 Å². The standard InChI is InChI=1S/C19H23N3O3/c1-3-14(4-2)19(23)22-18-8-6-15(11-21-18)20-10-13-5-7-16-17(9-13)25-12-24-16/h5-9,11,14,20H,3-4,10,12H2,1-2H3,(H,21,22,23). The number of amides is 1. The number of hydrogen-bond acceptors (Lipinski definition) is 5. The Morgan fingerprint density at radius 2 is 1.96 bits per heavy atom. The third-order valence-corrected chi connectivity index (χ3v) is 4.30. The van der Waals surface area contributed by atoms with Crippen LogP contribution >= 0.6 is 0 Å². The number of nitrogens with zero attached hydrogens (tertiary/aromatic N) is 1. The van der Waals surface area contributed by atoms with Crippen LogP contribution in [0, 0.1) is 5.92 Å². The molecule has 1 aliphatic rings. The molecule has 1 aromatic carbocycles. The van der Waals surface area contributed by atoms with E-state index in [4.69, 9.17) is 9.47 Å². The highest BCUT2D eigenvalue weighted by Crippen LogP contribution is 2.32. The number of aromatic nitrogens is 1. The molecule has 1 aromatic heterocycles. The van der Waals surface area contributed by atoms with Gasteiger partial charge >= 0.3 is 0 Å². The SMILES string of the molecule is CCC(CC)C(=O)Nc1ccc(NCc2ccc3c(c2)OCO3)cn1. The van der Waals surface area contributed by atoms with Gasteiger partial charge in [-0.25, -0.2) is 4.98 Å². The fourth-order valence-corrected chi connectivity index (χ4v) is 2.72. The highest BCUT2D eigenvalue weighted by atomic mass is 16.7. The smallest absolute Gasteiger partial charge is 0.231 e. The lowest BCUT2D eigenvalue weighted by Gasteiger charge is -2.12. The molecule has 25 heavy (non-hydrogen) atoms. The zero-order chi connectivity index (χ0) is 17.6. The number of fused-ring (bicyclic) bond motifs is 1. The Balaban J connectivity index is 1.55. The van der Waals surface area contributed by atoms with Gasteiger partial charge in [0.15, 0.2) is 11.5 Å². The number of carbonyl (C=O) groups is 1. The zero-order valence-corrected chi connectivity index (χ0v) is 14.5. The van der Waals surface area contributed by atoms with E-state index in [0.717, 1.165) is 35.6 Å². The molecular formula is C19H23N3O3. The lowest BCUT2D eigenvalue weighted by Crippen LogP contribution is -2.22. The van der Waals surface area contributed by atoms with Crippen LogP contribution in [0.4, 0.5) is 11.5 Å². The van der Waals surface area contributed by atoms with Gasteiger partial charge in [-0.3, -0.25) is 4.79 Å². The molecule has 1 amide bonds. The maximum Gasteiger partial charge on any atom is 0.231 e. The largest absolute Gasteiger partial charge is 0.454 e. The monoisotopic (exact) mass is 341 g/mol. The normalized spacial score (nSPS) is 12.3. The third kappa shape index (κ3) is 4.21. The molecular weight excluding hydrogens is 318 g/mol. The van der Waals surface area contributed by atoms with Crippen molar-refractivity contribution in [2.75, 3.05) is 17.4 Å². The summed E-state index contributed by atoms with van der Waals surface area (Å²) in [6.07, 6.45) is 3.38. The molecule has 0 unspecified atom stereocenters. The van der Waals surface area contributed by atoms with E-state index >= 15 is 0 Å². The average Bonchev–Trinajstić information content (AvgIpc) is 3.10. The topological polar surface area (TPSA) is 72.5 Å². The molecule has 132 valence electrons. The Kier molecular flexibility index (Phi) is 5.38. The summed E-state index contributed by atoms with van der Waals surface area (Å²) in [6, 6.07) is 9.59. The van der Waals surface area contributed by atoms with Crippen LogP contribution in [-0.4, -0.2) is 17.7 Å². The fraction of sp³-hybridized carbons (Fsp3) is 0.368. The van der Waals surface area contributed by atoms with Crippen molar-refractivity contribution in [1.82, 2.24) is 4.98 Å². The Morgan fingerprint density at radius 3 is 2.68 bits per heavy atom. The maximum atomic E-state index is 12.1. The third-order valence-electron chi connectivity index (χ3n) is 4.30. The zero-order valence-electron chi connectivity index (χ0n) is 14.5. The number of carbonyl (C=O) groups excluding carboxylic acids is 1. The van der Waals surface area contributed by atoms with Gasteiger partial charge in [-0.1, -0.05) is 19.9 Å². The highest BCUT2D eigenvalue weighted by molar-refractivity contribution is 5.91. The van der Waals surface area contributed by atoms with Gasteiger partial charge in [0, 0.05) is 12.5 Å². The summed E-state index contributed by atoms with van der Waals surface area (Å²) in [5.74, 6) is 2.19. The summed E-state index contributed by atoms with van der Waals surface area (Å²) in [7, 11) is 0. The molecule has 0 atom stereocenters.